The number of hydrogen-bond acceptors (Lipinski definition) is 3. The van der Waals surface area contributed by atoms with Crippen LogP contribution in [-0.4, -0.2) is 5.91 Å². The third-order valence-corrected chi connectivity index (χ3v) is 6.29. The summed E-state index contributed by atoms with van der Waals surface area (Å²) in [6.07, 6.45) is 3.83. The Labute approximate surface area is 217 Å². The minimum absolute atomic E-state index is 0.0826. The van der Waals surface area contributed by atoms with E-state index in [1.165, 1.54) is 11.6 Å². The van der Waals surface area contributed by atoms with Crippen LogP contribution < -0.4 is 10.1 Å². The van der Waals surface area contributed by atoms with Crippen LogP contribution in [0, 0.1) is 18.3 Å². The molecule has 0 saturated heterocycles. The van der Waals surface area contributed by atoms with Gasteiger partial charge in [0.05, 0.1) is 20.2 Å². The van der Waals surface area contributed by atoms with Gasteiger partial charge in [0.1, 0.15) is 24.0 Å². The van der Waals surface area contributed by atoms with Crippen LogP contribution in [0.2, 0.25) is 10.0 Å². The zero-order valence-electron chi connectivity index (χ0n) is 18.4. The van der Waals surface area contributed by atoms with Crippen molar-refractivity contribution in [3.63, 3.8) is 0 Å². The van der Waals surface area contributed by atoms with Gasteiger partial charge in [-0.05, 0) is 76.3 Å². The van der Waals surface area contributed by atoms with Crippen LogP contribution >= 0.6 is 39.1 Å². The van der Waals surface area contributed by atoms with E-state index in [9.17, 15) is 10.1 Å². The van der Waals surface area contributed by atoms with Gasteiger partial charge in [0.15, 0.2) is 0 Å². The lowest BCUT2D eigenvalue weighted by Crippen LogP contribution is -2.13. The fourth-order valence-electron chi connectivity index (χ4n) is 3.17. The van der Waals surface area contributed by atoms with E-state index in [-0.39, 0.29) is 10.6 Å². The van der Waals surface area contributed by atoms with E-state index in [1.54, 1.807) is 30.3 Å². The van der Waals surface area contributed by atoms with Gasteiger partial charge in [0, 0.05) is 0 Å². The molecule has 0 atom stereocenters. The monoisotopic (exact) mass is 554 g/mol. The molecule has 0 heterocycles. The highest BCUT2D eigenvalue weighted by Gasteiger charge is 2.15. The second-order valence-corrected chi connectivity index (χ2v) is 9.12. The normalized spacial score (nSPS) is 11.0. The molecule has 34 heavy (non-hydrogen) atoms. The summed E-state index contributed by atoms with van der Waals surface area (Å²) in [5, 5.41) is 12.7. The van der Waals surface area contributed by atoms with Crippen molar-refractivity contribution in [2.75, 3.05) is 5.32 Å². The Morgan fingerprint density at radius 3 is 2.62 bits per heavy atom. The van der Waals surface area contributed by atoms with E-state index < -0.39 is 5.91 Å². The van der Waals surface area contributed by atoms with Crippen LogP contribution in [0.4, 0.5) is 5.69 Å². The Bertz CT molecular complexity index is 1300. The average Bonchev–Trinajstić information content (AvgIpc) is 2.81. The number of rotatable bonds is 8. The van der Waals surface area contributed by atoms with Crippen molar-refractivity contribution in [2.45, 2.75) is 20.0 Å². The van der Waals surface area contributed by atoms with Crippen LogP contribution in [0.3, 0.4) is 0 Å². The number of benzene rings is 3. The molecule has 3 rings (SSSR count). The Morgan fingerprint density at radius 1 is 1.21 bits per heavy atom. The average molecular weight is 556 g/mol. The largest absolute Gasteiger partial charge is 0.487 e. The molecule has 0 spiro atoms. The van der Waals surface area contributed by atoms with Crippen molar-refractivity contribution in [1.29, 1.82) is 5.26 Å². The summed E-state index contributed by atoms with van der Waals surface area (Å²) in [5.74, 6) is 0.0963. The number of nitrogens with zero attached hydrogens (tertiary/aromatic N) is 1. The van der Waals surface area contributed by atoms with Crippen molar-refractivity contribution in [1.82, 2.24) is 0 Å². The number of nitriles is 1. The minimum Gasteiger partial charge on any atom is -0.487 e. The molecule has 0 aromatic heterocycles. The summed E-state index contributed by atoms with van der Waals surface area (Å²) in [4.78, 5) is 12.7. The molecule has 1 N–H and O–H groups in total. The van der Waals surface area contributed by atoms with E-state index in [0.717, 1.165) is 11.1 Å². The van der Waals surface area contributed by atoms with Crippen molar-refractivity contribution < 1.29 is 9.53 Å². The number of ether oxygens (including phenoxy) is 1. The molecule has 0 aliphatic rings. The fourth-order valence-corrected chi connectivity index (χ4v) is 4.15. The lowest BCUT2D eigenvalue weighted by Gasteiger charge is -2.14. The molecule has 0 saturated carbocycles. The number of hydrogen-bond donors (Lipinski definition) is 1. The van der Waals surface area contributed by atoms with Gasteiger partial charge in [0.2, 0.25) is 0 Å². The van der Waals surface area contributed by atoms with E-state index in [4.69, 9.17) is 27.9 Å². The van der Waals surface area contributed by atoms with E-state index >= 15 is 0 Å². The number of nitrogens with one attached hydrogen (secondary N) is 1. The summed E-state index contributed by atoms with van der Waals surface area (Å²) in [6.45, 7) is 6.27. The predicted octanol–water partition coefficient (Wildman–Crippen LogP) is 7.92. The Hall–Kier alpha value is -3.04. The maximum absolute atomic E-state index is 12.7. The van der Waals surface area contributed by atoms with E-state index in [1.807, 2.05) is 43.3 Å². The second kappa shape index (κ2) is 11.9. The number of amides is 1. The molecular weight excluding hydrogens is 535 g/mol. The van der Waals surface area contributed by atoms with Gasteiger partial charge in [-0.1, -0.05) is 65.2 Å². The zero-order chi connectivity index (χ0) is 24.7. The van der Waals surface area contributed by atoms with Crippen LogP contribution in [-0.2, 0) is 17.8 Å². The molecule has 1 amide bonds. The first-order chi connectivity index (χ1) is 16.3. The molecule has 4 nitrogen and oxygen atoms in total. The quantitative estimate of drug-likeness (QED) is 0.174. The smallest absolute Gasteiger partial charge is 0.266 e. The molecule has 0 unspecified atom stereocenters. The third kappa shape index (κ3) is 6.51. The molecule has 0 fully saturated rings. The molecule has 0 aliphatic carbocycles. The van der Waals surface area contributed by atoms with Gasteiger partial charge in [-0.3, -0.25) is 4.79 Å². The van der Waals surface area contributed by atoms with Gasteiger partial charge in [0.25, 0.3) is 5.91 Å². The predicted molar refractivity (Wildman–Crippen MR) is 142 cm³/mol. The topological polar surface area (TPSA) is 62.1 Å². The van der Waals surface area contributed by atoms with Crippen LogP contribution in [0.25, 0.3) is 6.08 Å². The summed E-state index contributed by atoms with van der Waals surface area (Å²) in [7, 11) is 0. The number of allylic oxidation sites excluding steroid dienone is 1. The first kappa shape index (κ1) is 25.6. The zero-order valence-corrected chi connectivity index (χ0v) is 21.5. The highest BCUT2D eigenvalue weighted by Crippen LogP contribution is 2.34. The number of aryl methyl sites for hydroxylation is 1. The van der Waals surface area contributed by atoms with Gasteiger partial charge < -0.3 is 10.1 Å². The fraction of sp³-hybridized carbons (Fsp3) is 0.111. The van der Waals surface area contributed by atoms with Crippen molar-refractivity contribution in [3.8, 4) is 11.8 Å². The molecule has 3 aromatic carbocycles. The summed E-state index contributed by atoms with van der Waals surface area (Å²) < 4.78 is 6.81. The van der Waals surface area contributed by atoms with Crippen molar-refractivity contribution >= 4 is 56.8 Å². The lowest BCUT2D eigenvalue weighted by atomic mass is 10.0. The van der Waals surface area contributed by atoms with Crippen molar-refractivity contribution in [3.05, 3.63) is 110 Å². The maximum atomic E-state index is 12.7. The Kier molecular flexibility index (Phi) is 8.95. The number of anilines is 1. The summed E-state index contributed by atoms with van der Waals surface area (Å²) in [6, 6.07) is 18.6. The van der Waals surface area contributed by atoms with Crippen molar-refractivity contribution in [2.24, 2.45) is 0 Å². The third-order valence-electron chi connectivity index (χ3n) is 4.89. The molecule has 0 radical (unpaired) electrons. The Morgan fingerprint density at radius 2 is 1.94 bits per heavy atom. The minimum atomic E-state index is -0.590. The summed E-state index contributed by atoms with van der Waals surface area (Å²) >= 11 is 15.7. The SMILES string of the molecule is C=CCc1cc(/C=C(/C#N)C(=O)Nc2cccc(Cl)c2Cl)cc(Br)c1OCc1ccc(C)cc1. The van der Waals surface area contributed by atoms with E-state index in [0.29, 0.717) is 39.5 Å². The molecule has 3 aromatic rings. The maximum Gasteiger partial charge on any atom is 0.266 e. The van der Waals surface area contributed by atoms with Gasteiger partial charge in [-0.2, -0.15) is 5.26 Å². The lowest BCUT2D eigenvalue weighted by molar-refractivity contribution is -0.112. The Balaban J connectivity index is 1.86. The van der Waals surface area contributed by atoms with Crippen LogP contribution in [0.1, 0.15) is 22.3 Å². The molecule has 7 heteroatoms. The van der Waals surface area contributed by atoms with Gasteiger partial charge in [-0.15, -0.1) is 6.58 Å². The number of carbonyl (C=O) groups excluding carboxylic acids is 1. The molecule has 0 bridgehead atoms. The standard InChI is InChI=1S/C27H21BrCl2N2O2/c1-3-5-20-12-19(14-22(28)26(20)34-16-18-10-8-17(2)9-11-18)13-21(15-31)27(33)32-24-7-4-6-23(29)25(24)30/h3-4,6-14H,1,5,16H2,2H3,(H,32,33)/b21-13-. The van der Waals surface area contributed by atoms with Gasteiger partial charge >= 0.3 is 0 Å². The number of halogens is 3. The highest BCUT2D eigenvalue weighted by molar-refractivity contribution is 9.10. The van der Waals surface area contributed by atoms with Crippen LogP contribution in [0.5, 0.6) is 5.75 Å². The first-order valence-electron chi connectivity index (χ1n) is 10.3. The highest BCUT2D eigenvalue weighted by atomic mass is 79.9. The second-order valence-electron chi connectivity index (χ2n) is 7.48. The van der Waals surface area contributed by atoms with Crippen LogP contribution in [0.15, 0.2) is 77.3 Å². The molecule has 0 aliphatic heterocycles. The van der Waals surface area contributed by atoms with E-state index in [2.05, 4.69) is 27.8 Å². The molecular formula is C27H21BrCl2N2O2. The molecule has 172 valence electrons. The first-order valence-corrected chi connectivity index (χ1v) is 11.9. The number of carbonyl (C=O) groups is 1. The van der Waals surface area contributed by atoms with Gasteiger partial charge in [-0.25, -0.2) is 0 Å². The summed E-state index contributed by atoms with van der Waals surface area (Å²) in [5.41, 5.74) is 4.01.